The van der Waals surface area contributed by atoms with Crippen LogP contribution in [0.3, 0.4) is 0 Å². The molecule has 1 aromatic carbocycles. The quantitative estimate of drug-likeness (QED) is 0.767. The van der Waals surface area contributed by atoms with Crippen molar-refractivity contribution in [2.24, 2.45) is 0 Å². The monoisotopic (exact) mass is 287 g/mol. The molecule has 112 valence electrons. The third-order valence-electron chi connectivity index (χ3n) is 3.28. The predicted octanol–water partition coefficient (Wildman–Crippen LogP) is 2.23. The number of amides is 1. The van der Waals surface area contributed by atoms with Crippen molar-refractivity contribution in [1.29, 1.82) is 0 Å². The Balaban J connectivity index is 1.68. The van der Waals surface area contributed by atoms with Crippen LogP contribution in [0, 0.1) is 6.92 Å². The third kappa shape index (κ3) is 4.63. The minimum atomic E-state index is -0.497. The third-order valence-corrected chi connectivity index (χ3v) is 3.28. The maximum Gasteiger partial charge on any atom is 0.260 e. The SMILES string of the molecule is Cc1[nH]ncc1CCCNC(=O)C(C)Oc1ccccc1. The van der Waals surface area contributed by atoms with Gasteiger partial charge in [0.1, 0.15) is 5.75 Å². The standard InChI is InChI=1S/C16H21N3O2/c1-12-14(11-18-19-12)7-6-10-17-16(20)13(2)21-15-8-4-3-5-9-15/h3-5,8-9,11,13H,6-7,10H2,1-2H3,(H,17,20)(H,18,19). The van der Waals surface area contributed by atoms with E-state index in [9.17, 15) is 4.79 Å². The molecule has 1 heterocycles. The van der Waals surface area contributed by atoms with Crippen LogP contribution in [0.5, 0.6) is 5.75 Å². The number of carbonyl (C=O) groups excluding carboxylic acids is 1. The van der Waals surface area contributed by atoms with Gasteiger partial charge in [-0.15, -0.1) is 0 Å². The molecule has 1 aromatic heterocycles. The molecule has 1 atom stereocenters. The van der Waals surface area contributed by atoms with Crippen LogP contribution in [0.25, 0.3) is 0 Å². The number of hydrogen-bond acceptors (Lipinski definition) is 3. The van der Waals surface area contributed by atoms with Crippen LogP contribution in [0.1, 0.15) is 24.6 Å². The molecule has 2 aromatic rings. The van der Waals surface area contributed by atoms with Gasteiger partial charge in [0.2, 0.25) is 0 Å². The van der Waals surface area contributed by atoms with Crippen molar-refractivity contribution in [3.63, 3.8) is 0 Å². The number of aromatic nitrogens is 2. The number of benzene rings is 1. The Morgan fingerprint density at radius 1 is 1.38 bits per heavy atom. The average molecular weight is 287 g/mol. The maximum absolute atomic E-state index is 11.9. The second-order valence-corrected chi connectivity index (χ2v) is 4.99. The number of aryl methyl sites for hydroxylation is 2. The molecule has 1 amide bonds. The van der Waals surface area contributed by atoms with Crippen molar-refractivity contribution in [1.82, 2.24) is 15.5 Å². The molecule has 2 N–H and O–H groups in total. The van der Waals surface area contributed by atoms with Crippen LogP contribution in [-0.2, 0) is 11.2 Å². The average Bonchev–Trinajstić information content (AvgIpc) is 2.90. The Morgan fingerprint density at radius 3 is 2.81 bits per heavy atom. The zero-order chi connectivity index (χ0) is 15.1. The number of nitrogens with one attached hydrogen (secondary N) is 2. The van der Waals surface area contributed by atoms with Gasteiger partial charge in [-0.1, -0.05) is 18.2 Å². The number of aromatic amines is 1. The molecule has 5 nitrogen and oxygen atoms in total. The highest BCUT2D eigenvalue weighted by molar-refractivity contribution is 5.80. The molecule has 2 rings (SSSR count). The van der Waals surface area contributed by atoms with Crippen molar-refractivity contribution in [3.8, 4) is 5.75 Å². The number of ether oxygens (including phenoxy) is 1. The lowest BCUT2D eigenvalue weighted by Gasteiger charge is -2.14. The van der Waals surface area contributed by atoms with Crippen LogP contribution in [0.15, 0.2) is 36.5 Å². The summed E-state index contributed by atoms with van der Waals surface area (Å²) in [6, 6.07) is 9.35. The Bertz CT molecular complexity index is 566. The highest BCUT2D eigenvalue weighted by Gasteiger charge is 2.13. The molecule has 0 aliphatic heterocycles. The first-order chi connectivity index (χ1) is 10.2. The van der Waals surface area contributed by atoms with Crippen LogP contribution < -0.4 is 10.1 Å². The molecule has 0 bridgehead atoms. The molecule has 0 spiro atoms. The summed E-state index contributed by atoms with van der Waals surface area (Å²) in [5.74, 6) is 0.608. The molecule has 1 unspecified atom stereocenters. The van der Waals surface area contributed by atoms with Gasteiger partial charge in [-0.05, 0) is 44.4 Å². The number of rotatable bonds is 7. The highest BCUT2D eigenvalue weighted by Crippen LogP contribution is 2.10. The molecule has 0 fully saturated rings. The van der Waals surface area contributed by atoms with Gasteiger partial charge in [0, 0.05) is 12.2 Å². The number of carbonyl (C=O) groups is 1. The lowest BCUT2D eigenvalue weighted by molar-refractivity contribution is -0.127. The van der Waals surface area contributed by atoms with E-state index < -0.39 is 6.10 Å². The minimum Gasteiger partial charge on any atom is -0.481 e. The summed E-state index contributed by atoms with van der Waals surface area (Å²) in [4.78, 5) is 11.9. The Hall–Kier alpha value is -2.30. The number of para-hydroxylation sites is 1. The first kappa shape index (κ1) is 15.1. The fourth-order valence-electron chi connectivity index (χ4n) is 2.02. The molecular weight excluding hydrogens is 266 g/mol. The van der Waals surface area contributed by atoms with E-state index in [0.717, 1.165) is 18.5 Å². The van der Waals surface area contributed by atoms with Crippen LogP contribution >= 0.6 is 0 Å². The molecule has 0 saturated heterocycles. The summed E-state index contributed by atoms with van der Waals surface area (Å²) in [6.45, 7) is 4.38. The Labute approximate surface area is 124 Å². The fourth-order valence-corrected chi connectivity index (χ4v) is 2.02. The van der Waals surface area contributed by atoms with Gasteiger partial charge in [-0.25, -0.2) is 0 Å². The Morgan fingerprint density at radius 2 is 2.14 bits per heavy atom. The van der Waals surface area contributed by atoms with Gasteiger partial charge in [0.15, 0.2) is 6.10 Å². The largest absolute Gasteiger partial charge is 0.481 e. The van der Waals surface area contributed by atoms with Gasteiger partial charge in [-0.2, -0.15) is 5.10 Å². The summed E-state index contributed by atoms with van der Waals surface area (Å²) < 4.78 is 5.57. The van der Waals surface area contributed by atoms with Crippen molar-refractivity contribution < 1.29 is 9.53 Å². The summed E-state index contributed by atoms with van der Waals surface area (Å²) >= 11 is 0. The summed E-state index contributed by atoms with van der Waals surface area (Å²) in [5, 5.41) is 9.77. The normalized spacial score (nSPS) is 11.9. The van der Waals surface area contributed by atoms with Crippen LogP contribution in [0.4, 0.5) is 0 Å². The molecule has 0 aliphatic rings. The van der Waals surface area contributed by atoms with Crippen LogP contribution in [-0.4, -0.2) is 28.8 Å². The van der Waals surface area contributed by atoms with Crippen molar-refractivity contribution >= 4 is 5.91 Å². The Kier molecular flexibility index (Phi) is 5.37. The van der Waals surface area contributed by atoms with E-state index >= 15 is 0 Å². The molecule has 21 heavy (non-hydrogen) atoms. The van der Waals surface area contributed by atoms with Gasteiger partial charge in [0.05, 0.1) is 6.20 Å². The molecule has 5 heteroatoms. The molecular formula is C16H21N3O2. The van der Waals surface area contributed by atoms with Gasteiger partial charge >= 0.3 is 0 Å². The van der Waals surface area contributed by atoms with E-state index in [2.05, 4.69) is 15.5 Å². The van der Waals surface area contributed by atoms with E-state index in [0.29, 0.717) is 12.3 Å². The zero-order valence-electron chi connectivity index (χ0n) is 12.4. The number of nitrogens with zero attached hydrogens (tertiary/aromatic N) is 1. The summed E-state index contributed by atoms with van der Waals surface area (Å²) in [6.07, 6.45) is 3.11. The van der Waals surface area contributed by atoms with Crippen molar-refractivity contribution in [2.45, 2.75) is 32.8 Å². The van der Waals surface area contributed by atoms with E-state index in [1.165, 1.54) is 5.56 Å². The van der Waals surface area contributed by atoms with E-state index in [4.69, 9.17) is 4.74 Å². The topological polar surface area (TPSA) is 67.0 Å². The highest BCUT2D eigenvalue weighted by atomic mass is 16.5. The molecule has 0 radical (unpaired) electrons. The van der Waals surface area contributed by atoms with Gasteiger partial charge in [-0.3, -0.25) is 9.89 Å². The van der Waals surface area contributed by atoms with Crippen molar-refractivity contribution in [2.75, 3.05) is 6.54 Å². The number of H-pyrrole nitrogens is 1. The van der Waals surface area contributed by atoms with E-state index in [-0.39, 0.29) is 5.91 Å². The second kappa shape index (κ2) is 7.47. The lowest BCUT2D eigenvalue weighted by Crippen LogP contribution is -2.36. The second-order valence-electron chi connectivity index (χ2n) is 4.99. The maximum atomic E-state index is 11.9. The molecule has 0 aliphatic carbocycles. The number of hydrogen-bond donors (Lipinski definition) is 2. The predicted molar refractivity (Wildman–Crippen MR) is 81.2 cm³/mol. The summed E-state index contributed by atoms with van der Waals surface area (Å²) in [7, 11) is 0. The molecule has 0 saturated carbocycles. The van der Waals surface area contributed by atoms with Gasteiger partial charge in [0.25, 0.3) is 5.91 Å². The van der Waals surface area contributed by atoms with E-state index in [1.54, 1.807) is 6.92 Å². The first-order valence-corrected chi connectivity index (χ1v) is 7.15. The van der Waals surface area contributed by atoms with Crippen LogP contribution in [0.2, 0.25) is 0 Å². The van der Waals surface area contributed by atoms with Crippen molar-refractivity contribution in [3.05, 3.63) is 47.8 Å². The zero-order valence-corrected chi connectivity index (χ0v) is 12.4. The fraction of sp³-hybridized carbons (Fsp3) is 0.375. The van der Waals surface area contributed by atoms with E-state index in [1.807, 2.05) is 43.5 Å². The van der Waals surface area contributed by atoms with Gasteiger partial charge < -0.3 is 10.1 Å². The summed E-state index contributed by atoms with van der Waals surface area (Å²) in [5.41, 5.74) is 2.28. The smallest absolute Gasteiger partial charge is 0.260 e. The first-order valence-electron chi connectivity index (χ1n) is 7.15. The minimum absolute atomic E-state index is 0.0947. The lowest BCUT2D eigenvalue weighted by atomic mass is 10.1.